The molecule has 0 saturated heterocycles. The van der Waals surface area contributed by atoms with Gasteiger partial charge in [0.2, 0.25) is 1.43 Å². The number of anilines is 1. The van der Waals surface area contributed by atoms with Crippen LogP contribution in [0.15, 0.2) is 18.2 Å². The molecule has 0 bridgehead atoms. The Morgan fingerprint density at radius 3 is 3.00 bits per heavy atom. The number of nitrogens with zero attached hydrogens (tertiary/aromatic N) is 1. The normalized spacial score (nSPS) is 22.1. The minimum atomic E-state index is -0.396. The zero-order valence-electron chi connectivity index (χ0n) is 13.6. The van der Waals surface area contributed by atoms with Gasteiger partial charge in [-0.05, 0) is 19.4 Å². The van der Waals surface area contributed by atoms with Crippen LogP contribution in [-0.4, -0.2) is 30.7 Å². The molecule has 0 fully saturated rings. The molecule has 1 aromatic carbocycles. The molecule has 1 aliphatic rings. The lowest BCUT2D eigenvalue weighted by molar-refractivity contribution is -0.385. The van der Waals surface area contributed by atoms with Crippen LogP contribution in [0.25, 0.3) is 0 Å². The summed E-state index contributed by atoms with van der Waals surface area (Å²) in [6.45, 7) is 6.80. The van der Waals surface area contributed by atoms with Crippen LogP contribution in [0.2, 0.25) is 0 Å². The number of fused-ring (bicyclic) bond motifs is 1. The number of ether oxygens (including phenoxy) is 1. The van der Waals surface area contributed by atoms with Crippen molar-refractivity contribution in [3.8, 4) is 0 Å². The molecule has 2 unspecified atom stereocenters. The first-order valence-electron chi connectivity index (χ1n) is 7.54. The minimum Gasteiger partial charge on any atom is -0.396 e. The molecule has 2 rings (SSSR count). The molecule has 0 aromatic heterocycles. The van der Waals surface area contributed by atoms with Crippen LogP contribution in [0, 0.1) is 15.5 Å². The molecule has 0 saturated carbocycles. The third kappa shape index (κ3) is 3.16. The molecule has 6 heteroatoms. The maximum atomic E-state index is 11.0. The van der Waals surface area contributed by atoms with Gasteiger partial charge >= 0.3 is 0 Å². The standard InChI is InChI=1S/C15H22N2O4/c1-4-21-13-8-14(15(2,3)9-18)16-12-6-5-10(17(19)20)7-11(12)13/h5-7,13-14,16,18H,4,8-9H2,1-3H3/i18T. The molecule has 1 heterocycles. The second kappa shape index (κ2) is 5.99. The minimum absolute atomic E-state index is 0.0587. The average molecular weight is 296 g/mol. The largest absolute Gasteiger partial charge is 0.396 e. The van der Waals surface area contributed by atoms with E-state index < -0.39 is 4.92 Å². The highest BCUT2D eigenvalue weighted by molar-refractivity contribution is 5.59. The highest BCUT2D eigenvalue weighted by atomic mass is 16.6. The van der Waals surface area contributed by atoms with E-state index in [9.17, 15) is 10.1 Å². The van der Waals surface area contributed by atoms with Crippen molar-refractivity contribution in [3.05, 3.63) is 33.9 Å². The highest BCUT2D eigenvalue weighted by Crippen LogP contribution is 2.41. The number of aliphatic hydroxyl groups is 1. The summed E-state index contributed by atoms with van der Waals surface area (Å²) in [5, 5.41) is 19.0. The van der Waals surface area contributed by atoms with Gasteiger partial charge in [-0.2, -0.15) is 0 Å². The number of aliphatic hydroxyl groups excluding tert-OH is 1. The predicted molar refractivity (Wildman–Crippen MR) is 80.4 cm³/mol. The maximum absolute atomic E-state index is 11.0. The van der Waals surface area contributed by atoms with Crippen molar-refractivity contribution in [2.45, 2.75) is 39.3 Å². The first-order chi connectivity index (χ1) is 10.4. The maximum Gasteiger partial charge on any atom is 0.269 e. The Kier molecular flexibility index (Phi) is 4.07. The van der Waals surface area contributed by atoms with E-state index in [0.29, 0.717) is 19.6 Å². The molecule has 0 aliphatic carbocycles. The van der Waals surface area contributed by atoms with Crippen molar-refractivity contribution in [1.82, 2.24) is 0 Å². The first kappa shape index (κ1) is 14.3. The van der Waals surface area contributed by atoms with Crippen molar-refractivity contribution < 1.29 is 14.8 Å². The molecule has 0 radical (unpaired) electrons. The topological polar surface area (TPSA) is 84.6 Å². The monoisotopic (exact) mass is 296 g/mol. The van der Waals surface area contributed by atoms with Crippen molar-refractivity contribution in [1.29, 1.82) is 1.43 Å². The fraction of sp³-hybridized carbons (Fsp3) is 0.600. The summed E-state index contributed by atoms with van der Waals surface area (Å²) in [5.74, 6) is 0. The molecule has 21 heavy (non-hydrogen) atoms. The van der Waals surface area contributed by atoms with Crippen LogP contribution in [0.1, 0.15) is 38.9 Å². The molecular formula is C15H22N2O4. The average Bonchev–Trinajstić information content (AvgIpc) is 2.46. The number of nitro groups is 1. The second-order valence-corrected chi connectivity index (χ2v) is 6.04. The Balaban J connectivity index is 2.34. The molecule has 1 aromatic rings. The highest BCUT2D eigenvalue weighted by Gasteiger charge is 2.36. The summed E-state index contributed by atoms with van der Waals surface area (Å²) in [4.78, 5) is 10.6. The lowest BCUT2D eigenvalue weighted by Crippen LogP contribution is -2.43. The predicted octanol–water partition coefficient (Wildman–Crippen LogP) is 2.88. The van der Waals surface area contributed by atoms with E-state index in [2.05, 4.69) is 10.4 Å². The number of benzene rings is 1. The molecular weight excluding hydrogens is 272 g/mol. The number of rotatable bonds is 6. The fourth-order valence-electron chi connectivity index (χ4n) is 2.62. The van der Waals surface area contributed by atoms with E-state index in [1.165, 1.54) is 6.07 Å². The van der Waals surface area contributed by atoms with Crippen molar-refractivity contribution in [2.24, 2.45) is 5.41 Å². The Bertz CT molecular complexity index is 550. The summed E-state index contributed by atoms with van der Waals surface area (Å²) >= 11 is 0. The Labute approximate surface area is 125 Å². The SMILES string of the molecule is [3H]OCC(C)(C)C1CC(OCC)c2cc([N+](=O)[O-])ccc2N1. The third-order valence-electron chi connectivity index (χ3n) is 4.06. The Morgan fingerprint density at radius 1 is 1.62 bits per heavy atom. The molecule has 2 atom stereocenters. The zero-order valence-corrected chi connectivity index (χ0v) is 12.6. The van der Waals surface area contributed by atoms with Gasteiger partial charge in [-0.1, -0.05) is 13.8 Å². The number of hydrogen-bond donors (Lipinski definition) is 2. The van der Waals surface area contributed by atoms with E-state index in [-0.39, 0.29) is 23.2 Å². The summed E-state index contributed by atoms with van der Waals surface area (Å²) in [6.07, 6.45) is 0.481. The number of nitro benzene ring substituents is 1. The molecule has 0 spiro atoms. The third-order valence-corrected chi connectivity index (χ3v) is 4.06. The summed E-state index contributed by atoms with van der Waals surface area (Å²) in [6, 6.07) is 4.85. The smallest absolute Gasteiger partial charge is 0.269 e. The van der Waals surface area contributed by atoms with Gasteiger partial charge in [0.25, 0.3) is 5.69 Å². The van der Waals surface area contributed by atoms with Crippen LogP contribution < -0.4 is 5.32 Å². The lowest BCUT2D eigenvalue weighted by atomic mass is 9.78. The van der Waals surface area contributed by atoms with Crippen molar-refractivity contribution >= 4 is 11.4 Å². The lowest BCUT2D eigenvalue weighted by Gasteiger charge is -2.40. The van der Waals surface area contributed by atoms with E-state index in [1.54, 1.807) is 12.1 Å². The van der Waals surface area contributed by atoms with E-state index >= 15 is 0 Å². The van der Waals surface area contributed by atoms with E-state index in [1.807, 2.05) is 20.8 Å². The van der Waals surface area contributed by atoms with Crippen molar-refractivity contribution in [3.63, 3.8) is 0 Å². The summed E-state index contributed by atoms with van der Waals surface area (Å²) < 4.78 is 12.8. The Hall–Kier alpha value is -1.66. The van der Waals surface area contributed by atoms with Gasteiger partial charge in [-0.25, -0.2) is 0 Å². The van der Waals surface area contributed by atoms with Gasteiger partial charge in [-0.15, -0.1) is 0 Å². The fourth-order valence-corrected chi connectivity index (χ4v) is 2.62. The summed E-state index contributed by atoms with van der Waals surface area (Å²) in [7, 11) is 0. The van der Waals surface area contributed by atoms with Crippen LogP contribution in [0.3, 0.4) is 0 Å². The molecule has 116 valence electrons. The van der Waals surface area contributed by atoms with Gasteiger partial charge in [0.05, 0.1) is 17.6 Å². The van der Waals surface area contributed by atoms with Crippen LogP contribution in [0.5, 0.6) is 0 Å². The molecule has 6 nitrogen and oxygen atoms in total. The summed E-state index contributed by atoms with van der Waals surface area (Å²) in [5.41, 5.74) is 1.47. The quantitative estimate of drug-likeness (QED) is 0.623. The second-order valence-electron chi connectivity index (χ2n) is 6.04. The van der Waals surface area contributed by atoms with Gasteiger partial charge in [0.15, 0.2) is 0 Å². The van der Waals surface area contributed by atoms with E-state index in [4.69, 9.17) is 6.17 Å². The zero-order chi connectivity index (χ0) is 16.3. The number of hydrogen-bond acceptors (Lipinski definition) is 5. The van der Waals surface area contributed by atoms with Crippen molar-refractivity contribution in [2.75, 3.05) is 18.5 Å². The Morgan fingerprint density at radius 2 is 2.38 bits per heavy atom. The molecule has 0 amide bonds. The van der Waals surface area contributed by atoms with Crippen LogP contribution >= 0.6 is 0 Å². The molecule has 2 N–H and O–H groups in total. The number of nitrogens with one attached hydrogen (secondary N) is 1. The van der Waals surface area contributed by atoms with Gasteiger partial charge in [0, 0.05) is 41.4 Å². The molecule has 1 aliphatic heterocycles. The first-order valence-corrected chi connectivity index (χ1v) is 7.13. The van der Waals surface area contributed by atoms with Gasteiger partial charge in [0.1, 0.15) is 0 Å². The van der Waals surface area contributed by atoms with Gasteiger partial charge < -0.3 is 15.2 Å². The van der Waals surface area contributed by atoms with E-state index in [0.717, 1.165) is 11.3 Å². The number of non-ortho nitro benzene ring substituents is 1. The van der Waals surface area contributed by atoms with Crippen LogP contribution in [-0.2, 0) is 4.74 Å². The van der Waals surface area contributed by atoms with Crippen LogP contribution in [0.4, 0.5) is 11.4 Å². The van der Waals surface area contributed by atoms with Gasteiger partial charge in [-0.3, -0.25) is 10.1 Å².